The molecule has 3 aromatic rings. The summed E-state index contributed by atoms with van der Waals surface area (Å²) in [6.45, 7) is 2.09. The van der Waals surface area contributed by atoms with Crippen molar-refractivity contribution in [2.45, 2.75) is 6.92 Å². The smallest absolute Gasteiger partial charge is 0.117 e. The summed E-state index contributed by atoms with van der Waals surface area (Å²) in [6, 6.07) is 23.8. The molecule has 0 aliphatic rings. The van der Waals surface area contributed by atoms with E-state index in [1.54, 1.807) is 12.1 Å². The Balaban J connectivity index is 2.00. The number of aromatic hydroxyl groups is 1. The second-order valence-corrected chi connectivity index (χ2v) is 5.09. The molecule has 0 radical (unpaired) electrons. The van der Waals surface area contributed by atoms with Gasteiger partial charge in [-0.1, -0.05) is 54.1 Å². The predicted octanol–water partition coefficient (Wildman–Crippen LogP) is 5.11. The van der Waals surface area contributed by atoms with Gasteiger partial charge in [-0.25, -0.2) is 0 Å². The fourth-order valence-corrected chi connectivity index (χ4v) is 2.40. The van der Waals surface area contributed by atoms with Gasteiger partial charge in [-0.05, 0) is 30.7 Å². The van der Waals surface area contributed by atoms with Crippen molar-refractivity contribution < 1.29 is 5.11 Å². The molecular formula is C19H17NO. The summed E-state index contributed by atoms with van der Waals surface area (Å²) in [5.74, 6) is 0.257. The van der Waals surface area contributed by atoms with E-state index in [9.17, 15) is 5.11 Å². The van der Waals surface area contributed by atoms with E-state index in [2.05, 4.69) is 42.6 Å². The zero-order valence-corrected chi connectivity index (χ0v) is 11.9. The maximum absolute atomic E-state index is 9.57. The first-order valence-electron chi connectivity index (χ1n) is 6.94. The lowest BCUT2D eigenvalue weighted by Crippen LogP contribution is -1.93. The summed E-state index contributed by atoms with van der Waals surface area (Å²) in [5.41, 5.74) is 5.45. The highest BCUT2D eigenvalue weighted by Crippen LogP contribution is 2.31. The number of phenolic OH excluding ortho intramolecular Hbond substituents is 1. The van der Waals surface area contributed by atoms with Gasteiger partial charge in [-0.2, -0.15) is 0 Å². The molecule has 104 valence electrons. The summed E-state index contributed by atoms with van der Waals surface area (Å²) in [7, 11) is 0. The molecule has 3 rings (SSSR count). The Bertz CT molecular complexity index is 765. The largest absolute Gasteiger partial charge is 0.508 e. The zero-order chi connectivity index (χ0) is 14.7. The van der Waals surface area contributed by atoms with E-state index in [1.807, 2.05) is 30.3 Å². The van der Waals surface area contributed by atoms with E-state index in [-0.39, 0.29) is 5.75 Å². The van der Waals surface area contributed by atoms with Crippen LogP contribution in [0.15, 0.2) is 72.8 Å². The summed E-state index contributed by atoms with van der Waals surface area (Å²) in [4.78, 5) is 0. The molecule has 0 saturated carbocycles. The van der Waals surface area contributed by atoms with E-state index in [1.165, 1.54) is 11.1 Å². The van der Waals surface area contributed by atoms with Crippen molar-refractivity contribution in [3.05, 3.63) is 78.4 Å². The van der Waals surface area contributed by atoms with Gasteiger partial charge in [-0.3, -0.25) is 0 Å². The number of para-hydroxylation sites is 1. The average molecular weight is 275 g/mol. The van der Waals surface area contributed by atoms with E-state index < -0.39 is 0 Å². The Morgan fingerprint density at radius 1 is 0.810 bits per heavy atom. The monoisotopic (exact) mass is 275 g/mol. The van der Waals surface area contributed by atoms with Crippen molar-refractivity contribution >= 4 is 11.4 Å². The molecule has 0 amide bonds. The molecule has 3 aromatic carbocycles. The molecule has 2 nitrogen and oxygen atoms in total. The zero-order valence-electron chi connectivity index (χ0n) is 11.9. The number of aryl methyl sites for hydroxylation is 1. The molecule has 0 bridgehead atoms. The molecule has 0 unspecified atom stereocenters. The fourth-order valence-electron chi connectivity index (χ4n) is 2.40. The van der Waals surface area contributed by atoms with Crippen molar-refractivity contribution in [3.63, 3.8) is 0 Å². The van der Waals surface area contributed by atoms with Crippen LogP contribution in [-0.4, -0.2) is 5.11 Å². The molecule has 0 fully saturated rings. The molecular weight excluding hydrogens is 258 g/mol. The van der Waals surface area contributed by atoms with E-state index in [0.717, 1.165) is 16.9 Å². The maximum Gasteiger partial charge on any atom is 0.117 e. The van der Waals surface area contributed by atoms with Crippen LogP contribution in [-0.2, 0) is 0 Å². The quantitative estimate of drug-likeness (QED) is 0.696. The minimum absolute atomic E-state index is 0.257. The lowest BCUT2D eigenvalue weighted by molar-refractivity contribution is 0.475. The van der Waals surface area contributed by atoms with E-state index in [0.29, 0.717) is 0 Å². The highest BCUT2D eigenvalue weighted by Gasteiger charge is 2.05. The van der Waals surface area contributed by atoms with Gasteiger partial charge >= 0.3 is 0 Å². The van der Waals surface area contributed by atoms with Crippen LogP contribution in [0.25, 0.3) is 11.1 Å². The molecule has 0 aliphatic carbocycles. The third kappa shape index (κ3) is 3.06. The van der Waals surface area contributed by atoms with Gasteiger partial charge in [0.2, 0.25) is 0 Å². The molecule has 0 atom stereocenters. The molecule has 0 heterocycles. The van der Waals surface area contributed by atoms with Crippen molar-refractivity contribution in [1.29, 1.82) is 0 Å². The predicted molar refractivity (Wildman–Crippen MR) is 88.0 cm³/mol. The fraction of sp³-hybridized carbons (Fsp3) is 0.0526. The standard InChI is InChI=1S/C19H17NO/c1-14-6-4-7-15(12-14)18-10-2-3-11-19(18)20-16-8-5-9-17(21)13-16/h2-13,20-21H,1H3. The number of phenols is 1. The highest BCUT2D eigenvalue weighted by molar-refractivity contribution is 5.81. The average Bonchev–Trinajstić information content (AvgIpc) is 2.48. The molecule has 0 spiro atoms. The van der Waals surface area contributed by atoms with Gasteiger partial charge < -0.3 is 10.4 Å². The van der Waals surface area contributed by atoms with Crippen LogP contribution in [0.3, 0.4) is 0 Å². The first kappa shape index (κ1) is 13.3. The Labute approximate surface area is 124 Å². The van der Waals surface area contributed by atoms with E-state index >= 15 is 0 Å². The van der Waals surface area contributed by atoms with Crippen LogP contribution in [0.4, 0.5) is 11.4 Å². The summed E-state index contributed by atoms with van der Waals surface area (Å²) in [5, 5.41) is 12.9. The van der Waals surface area contributed by atoms with Crippen molar-refractivity contribution in [2.24, 2.45) is 0 Å². The summed E-state index contributed by atoms with van der Waals surface area (Å²) >= 11 is 0. The van der Waals surface area contributed by atoms with Gasteiger partial charge in [0.25, 0.3) is 0 Å². The lowest BCUT2D eigenvalue weighted by Gasteiger charge is -2.13. The number of anilines is 2. The SMILES string of the molecule is Cc1cccc(-c2ccccc2Nc2cccc(O)c2)c1. The third-order valence-electron chi connectivity index (χ3n) is 3.38. The van der Waals surface area contributed by atoms with Crippen molar-refractivity contribution in [1.82, 2.24) is 0 Å². The van der Waals surface area contributed by atoms with Gasteiger partial charge in [0.15, 0.2) is 0 Å². The summed E-state index contributed by atoms with van der Waals surface area (Å²) < 4.78 is 0. The van der Waals surface area contributed by atoms with Crippen LogP contribution >= 0.6 is 0 Å². The Morgan fingerprint density at radius 3 is 2.43 bits per heavy atom. The van der Waals surface area contributed by atoms with Crippen LogP contribution < -0.4 is 5.32 Å². The van der Waals surface area contributed by atoms with Crippen LogP contribution in [0.2, 0.25) is 0 Å². The Morgan fingerprint density at radius 2 is 1.62 bits per heavy atom. The number of nitrogens with one attached hydrogen (secondary N) is 1. The number of hydrogen-bond donors (Lipinski definition) is 2. The number of rotatable bonds is 3. The molecule has 0 aromatic heterocycles. The Hall–Kier alpha value is -2.74. The normalized spacial score (nSPS) is 10.3. The first-order valence-corrected chi connectivity index (χ1v) is 6.94. The minimum Gasteiger partial charge on any atom is -0.508 e. The second kappa shape index (κ2) is 5.71. The highest BCUT2D eigenvalue weighted by atomic mass is 16.3. The third-order valence-corrected chi connectivity index (χ3v) is 3.38. The Kier molecular flexibility index (Phi) is 3.61. The van der Waals surface area contributed by atoms with Gasteiger partial charge in [-0.15, -0.1) is 0 Å². The minimum atomic E-state index is 0.257. The number of hydrogen-bond acceptors (Lipinski definition) is 2. The molecule has 2 heteroatoms. The first-order chi connectivity index (χ1) is 10.2. The molecule has 21 heavy (non-hydrogen) atoms. The lowest BCUT2D eigenvalue weighted by atomic mass is 10.0. The van der Waals surface area contributed by atoms with Gasteiger partial charge in [0.05, 0.1) is 0 Å². The van der Waals surface area contributed by atoms with Gasteiger partial charge in [0.1, 0.15) is 5.75 Å². The van der Waals surface area contributed by atoms with Crippen LogP contribution in [0.5, 0.6) is 5.75 Å². The topological polar surface area (TPSA) is 32.3 Å². The van der Waals surface area contributed by atoms with Crippen LogP contribution in [0, 0.1) is 6.92 Å². The number of benzene rings is 3. The molecule has 0 saturated heterocycles. The van der Waals surface area contributed by atoms with Crippen LogP contribution in [0.1, 0.15) is 5.56 Å². The molecule has 0 aliphatic heterocycles. The van der Waals surface area contributed by atoms with E-state index in [4.69, 9.17) is 0 Å². The molecule has 2 N–H and O–H groups in total. The van der Waals surface area contributed by atoms with Crippen molar-refractivity contribution in [2.75, 3.05) is 5.32 Å². The maximum atomic E-state index is 9.57. The summed E-state index contributed by atoms with van der Waals surface area (Å²) in [6.07, 6.45) is 0. The van der Waals surface area contributed by atoms with Crippen molar-refractivity contribution in [3.8, 4) is 16.9 Å². The second-order valence-electron chi connectivity index (χ2n) is 5.09. The van der Waals surface area contributed by atoms with Gasteiger partial charge in [0, 0.05) is 23.0 Å².